The van der Waals surface area contributed by atoms with Gasteiger partial charge in [0, 0.05) is 6.42 Å². The highest BCUT2D eigenvalue weighted by molar-refractivity contribution is 6.09. The number of aromatic hydroxyl groups is 1. The van der Waals surface area contributed by atoms with Crippen LogP contribution < -0.4 is 4.74 Å². The molecule has 264 valence electrons. The van der Waals surface area contributed by atoms with Gasteiger partial charge in [0.05, 0.1) is 22.1 Å². The van der Waals surface area contributed by atoms with Crippen LogP contribution in [-0.2, 0) is 24.0 Å². The highest BCUT2D eigenvalue weighted by atomic mass is 16.7. The third-order valence-electron chi connectivity index (χ3n) is 10.2. The van der Waals surface area contributed by atoms with E-state index < -0.39 is 48.0 Å². The molecule has 0 amide bonds. The van der Waals surface area contributed by atoms with Crippen LogP contribution >= 0.6 is 0 Å². The largest absolute Gasteiger partial charge is 0.506 e. The number of carbonyl (C=O) groups is 2. The van der Waals surface area contributed by atoms with Crippen LogP contribution in [0.3, 0.4) is 0 Å². The highest BCUT2D eigenvalue weighted by Crippen LogP contribution is 2.42. The number of carbonyl (C=O) groups excluding carboxylic acids is 1. The fraction of sp³-hybridized carbons (Fsp3) is 0.400. The van der Waals surface area contributed by atoms with E-state index in [0.717, 1.165) is 36.5 Å². The number of carboxylic acids is 1. The van der Waals surface area contributed by atoms with Gasteiger partial charge in [-0.25, -0.2) is 4.79 Å². The normalized spacial score (nSPS) is 23.4. The van der Waals surface area contributed by atoms with Gasteiger partial charge in [-0.2, -0.15) is 0 Å². The number of hydrogen-bond donors (Lipinski definition) is 6. The molecule has 0 bridgehead atoms. The summed E-state index contributed by atoms with van der Waals surface area (Å²) in [7, 11) is 0. The summed E-state index contributed by atoms with van der Waals surface area (Å²) < 4.78 is 12.0. The van der Waals surface area contributed by atoms with Crippen molar-refractivity contribution >= 4 is 22.5 Å². The van der Waals surface area contributed by atoms with Gasteiger partial charge in [-0.05, 0) is 78.8 Å². The summed E-state index contributed by atoms with van der Waals surface area (Å²) in [4.78, 5) is 25.9. The van der Waals surface area contributed by atoms with E-state index in [2.05, 4.69) is 18.2 Å². The molecule has 1 saturated heterocycles. The zero-order valence-electron chi connectivity index (χ0n) is 28.0. The average Bonchev–Trinajstić information content (AvgIpc) is 3.10. The van der Waals surface area contributed by atoms with Crippen molar-refractivity contribution in [3.63, 3.8) is 0 Å². The minimum atomic E-state index is -1.78. The maximum Gasteiger partial charge on any atom is 0.335 e. The van der Waals surface area contributed by atoms with Crippen molar-refractivity contribution in [2.45, 2.75) is 101 Å². The highest BCUT2D eigenvalue weighted by Gasteiger charge is 2.53. The summed E-state index contributed by atoms with van der Waals surface area (Å²) in [5, 5.41) is 65.7. The lowest BCUT2D eigenvalue weighted by atomic mass is 9.76. The number of fused-ring (bicyclic) bond motifs is 1. The lowest BCUT2D eigenvalue weighted by molar-refractivity contribution is -0.308. The van der Waals surface area contributed by atoms with Crippen LogP contribution in [0, 0.1) is 6.92 Å². The van der Waals surface area contributed by atoms with E-state index in [1.807, 2.05) is 36.4 Å². The molecule has 5 atom stereocenters. The topological polar surface area (TPSA) is 174 Å². The molecule has 1 saturated carbocycles. The zero-order chi connectivity index (χ0) is 35.6. The fourth-order valence-corrected chi connectivity index (χ4v) is 7.50. The van der Waals surface area contributed by atoms with E-state index in [0.29, 0.717) is 37.7 Å². The Kier molecular flexibility index (Phi) is 10.6. The van der Waals surface area contributed by atoms with Crippen LogP contribution in [0.25, 0.3) is 10.8 Å². The molecule has 0 aromatic heterocycles. The first-order valence-electron chi connectivity index (χ1n) is 17.2. The number of carboxylic acid groups (broad SMARTS) is 1. The number of rotatable bonds is 11. The molecule has 4 aromatic rings. The average molecular weight is 685 g/mol. The van der Waals surface area contributed by atoms with Gasteiger partial charge in [0.15, 0.2) is 5.78 Å². The second-order valence-electron chi connectivity index (χ2n) is 13.7. The summed E-state index contributed by atoms with van der Waals surface area (Å²) >= 11 is 0. The Hall–Kier alpha value is -4.32. The first-order valence-corrected chi connectivity index (χ1v) is 17.2. The van der Waals surface area contributed by atoms with E-state index in [1.54, 1.807) is 13.0 Å². The molecule has 6 rings (SSSR count). The molecular weight excluding hydrogens is 640 g/mol. The molecule has 1 heterocycles. The monoisotopic (exact) mass is 684 g/mol. The van der Waals surface area contributed by atoms with E-state index in [9.17, 15) is 40.2 Å². The maximum atomic E-state index is 13.8. The third-order valence-corrected chi connectivity index (χ3v) is 10.2. The van der Waals surface area contributed by atoms with Gasteiger partial charge in [0.2, 0.25) is 6.29 Å². The molecule has 6 N–H and O–H groups in total. The molecule has 1 aliphatic heterocycles. The van der Waals surface area contributed by atoms with Gasteiger partial charge in [0.25, 0.3) is 0 Å². The molecule has 2 fully saturated rings. The summed E-state index contributed by atoms with van der Waals surface area (Å²) in [5.74, 6) is -2.22. The maximum absolute atomic E-state index is 13.8. The summed E-state index contributed by atoms with van der Waals surface area (Å²) in [6.07, 6.45) is -3.02. The molecule has 0 unspecified atom stereocenters. The molecule has 50 heavy (non-hydrogen) atoms. The Morgan fingerprint density at radius 1 is 0.840 bits per heavy atom. The first-order chi connectivity index (χ1) is 24.0. The van der Waals surface area contributed by atoms with Crippen molar-refractivity contribution in [2.24, 2.45) is 0 Å². The van der Waals surface area contributed by atoms with Crippen molar-refractivity contribution in [1.82, 2.24) is 0 Å². The van der Waals surface area contributed by atoms with Gasteiger partial charge < -0.3 is 40.1 Å². The number of aliphatic hydroxyl groups excluding tert-OH is 3. The van der Waals surface area contributed by atoms with E-state index in [4.69, 9.17) is 9.47 Å². The van der Waals surface area contributed by atoms with Gasteiger partial charge in [-0.3, -0.25) is 4.79 Å². The number of ether oxygens (including phenoxy) is 2. The standard InChI is InChI=1S/C40H44O10/c1-23-20-27-21-28(38(46)47)22-30(49-39-36(45)34(43)35(44)37(50-39)40(48)18-8-3-9-19-40)32(27)33(42)31(23)29(41)17-16-26-13-7-6-12-25(26)15-14-24-10-4-2-5-11-24/h2,4-7,10-13,20-22,34-37,39,42-45,48H,3,8-9,14-19H2,1H3,(H,46,47)/t34-,35-,36+,37-,39+/m0/s1. The van der Waals surface area contributed by atoms with Gasteiger partial charge >= 0.3 is 5.97 Å². The van der Waals surface area contributed by atoms with Crippen LogP contribution in [0.15, 0.2) is 72.8 Å². The van der Waals surface area contributed by atoms with Crippen molar-refractivity contribution in [3.05, 3.63) is 106 Å². The molecule has 10 nitrogen and oxygen atoms in total. The number of hydrogen-bond acceptors (Lipinski definition) is 9. The number of phenols is 1. The number of phenolic OH excluding ortho intramolecular Hbond substituents is 1. The minimum absolute atomic E-state index is 0.0246. The smallest absolute Gasteiger partial charge is 0.335 e. The molecular formula is C40H44O10. The lowest BCUT2D eigenvalue weighted by Crippen LogP contribution is -2.65. The van der Waals surface area contributed by atoms with E-state index in [1.165, 1.54) is 11.6 Å². The van der Waals surface area contributed by atoms with Gasteiger partial charge in [-0.15, -0.1) is 0 Å². The Morgan fingerprint density at radius 2 is 1.50 bits per heavy atom. The quantitative estimate of drug-likeness (QED) is 0.118. The number of ketones is 1. The van der Waals surface area contributed by atoms with Crippen LogP contribution in [-0.4, -0.2) is 78.7 Å². The van der Waals surface area contributed by atoms with Crippen LogP contribution in [0.2, 0.25) is 0 Å². The number of benzene rings is 4. The first kappa shape index (κ1) is 35.5. The van der Waals surface area contributed by atoms with Gasteiger partial charge in [0.1, 0.15) is 35.9 Å². The summed E-state index contributed by atoms with van der Waals surface area (Å²) in [6, 6.07) is 22.2. The number of Topliss-reactive ketones (excluding diaryl/α,β-unsaturated/α-hetero) is 1. The zero-order valence-corrected chi connectivity index (χ0v) is 28.0. The second-order valence-corrected chi connectivity index (χ2v) is 13.7. The van der Waals surface area contributed by atoms with Crippen molar-refractivity contribution < 1.29 is 49.7 Å². The van der Waals surface area contributed by atoms with Crippen LogP contribution in [0.4, 0.5) is 0 Å². The lowest BCUT2D eigenvalue weighted by Gasteiger charge is -2.48. The predicted molar refractivity (Wildman–Crippen MR) is 186 cm³/mol. The number of aryl methyl sites for hydroxylation is 4. The number of aliphatic hydroxyl groups is 4. The Bertz CT molecular complexity index is 1850. The predicted octanol–water partition coefficient (Wildman–Crippen LogP) is 5.03. The molecule has 1 aliphatic carbocycles. The molecule has 2 aliphatic rings. The minimum Gasteiger partial charge on any atom is -0.506 e. The summed E-state index contributed by atoms with van der Waals surface area (Å²) in [5.41, 5.74) is 2.21. The van der Waals surface area contributed by atoms with Crippen molar-refractivity contribution in [3.8, 4) is 11.5 Å². The van der Waals surface area contributed by atoms with Crippen LogP contribution in [0.1, 0.15) is 81.5 Å². The van der Waals surface area contributed by atoms with Crippen molar-refractivity contribution in [2.75, 3.05) is 0 Å². The van der Waals surface area contributed by atoms with Crippen LogP contribution in [0.5, 0.6) is 11.5 Å². The third kappa shape index (κ3) is 7.26. The molecule has 10 heteroatoms. The fourth-order valence-electron chi connectivity index (χ4n) is 7.50. The Labute approximate surface area is 290 Å². The molecule has 0 radical (unpaired) electrons. The Balaban J connectivity index is 1.29. The van der Waals surface area contributed by atoms with Crippen molar-refractivity contribution in [1.29, 1.82) is 0 Å². The Morgan fingerprint density at radius 3 is 2.18 bits per heavy atom. The summed E-state index contributed by atoms with van der Waals surface area (Å²) in [6.45, 7) is 1.66. The number of aromatic carboxylic acids is 1. The van der Waals surface area contributed by atoms with E-state index in [-0.39, 0.29) is 39.9 Å². The molecule has 4 aromatic carbocycles. The van der Waals surface area contributed by atoms with E-state index >= 15 is 0 Å². The van der Waals surface area contributed by atoms with Gasteiger partial charge in [-0.1, -0.05) is 79.9 Å². The SMILES string of the molecule is Cc1cc2cc(C(=O)O)cc(O[C@@H]3O[C@H](C4(O)CCCCC4)[C@@H](O)[C@H](O)[C@H]3O)c2c(O)c1C(=O)CCc1ccccc1CCc1ccccc1. The second kappa shape index (κ2) is 14.9. The molecule has 0 spiro atoms.